The van der Waals surface area contributed by atoms with E-state index < -0.39 is 17.3 Å². The van der Waals surface area contributed by atoms with E-state index in [0.29, 0.717) is 18.1 Å². The van der Waals surface area contributed by atoms with Gasteiger partial charge in [-0.1, -0.05) is 0 Å². The second kappa shape index (κ2) is 4.77. The number of rotatable bonds is 3. The van der Waals surface area contributed by atoms with Gasteiger partial charge in [-0.3, -0.25) is 0 Å². The lowest BCUT2D eigenvalue weighted by atomic mass is 9.98. The van der Waals surface area contributed by atoms with Gasteiger partial charge in [-0.2, -0.15) is 4.99 Å². The van der Waals surface area contributed by atoms with Gasteiger partial charge in [0.25, 0.3) is 0 Å². The lowest BCUT2D eigenvalue weighted by Crippen LogP contribution is -2.33. The molecular formula is C13H23NO3. The summed E-state index contributed by atoms with van der Waals surface area (Å²) in [6.07, 6.45) is 2.38. The topological polar surface area (TPSA) is 58.9 Å². The van der Waals surface area contributed by atoms with Gasteiger partial charge >= 0.3 is 6.09 Å². The Bertz CT molecular complexity index is 317. The maximum atomic E-state index is 11.6. The van der Waals surface area contributed by atoms with Crippen LogP contribution in [0.2, 0.25) is 0 Å². The molecule has 0 heterocycles. The smallest absolute Gasteiger partial charge is 0.434 e. The molecular weight excluding hydrogens is 218 g/mol. The largest absolute Gasteiger partial charge is 0.442 e. The van der Waals surface area contributed by atoms with Crippen molar-refractivity contribution < 1.29 is 14.6 Å². The summed E-state index contributed by atoms with van der Waals surface area (Å²) < 4.78 is 5.13. The molecule has 0 atom stereocenters. The molecule has 1 rings (SSSR count). The molecule has 0 aromatic rings. The number of hydrogen-bond donors (Lipinski definition) is 1. The van der Waals surface area contributed by atoms with Gasteiger partial charge in [0, 0.05) is 0 Å². The molecule has 17 heavy (non-hydrogen) atoms. The lowest BCUT2D eigenvalue weighted by molar-refractivity contribution is 0.0596. The van der Waals surface area contributed by atoms with Crippen molar-refractivity contribution in [2.24, 2.45) is 10.9 Å². The number of hydrogen-bond acceptors (Lipinski definition) is 3. The number of aliphatic hydroxyl groups is 1. The Morgan fingerprint density at radius 3 is 2.18 bits per heavy atom. The summed E-state index contributed by atoms with van der Waals surface area (Å²) in [6, 6.07) is 0. The molecule has 1 aliphatic carbocycles. The number of aliphatic imine (C=N–C) groups is 1. The second-order valence-corrected chi connectivity index (χ2v) is 6.25. The molecule has 1 saturated carbocycles. The van der Waals surface area contributed by atoms with Gasteiger partial charge in [0.05, 0.1) is 11.3 Å². The van der Waals surface area contributed by atoms with Gasteiger partial charge in [0.2, 0.25) is 0 Å². The molecule has 0 aromatic carbocycles. The van der Waals surface area contributed by atoms with Crippen molar-refractivity contribution in [1.29, 1.82) is 0 Å². The van der Waals surface area contributed by atoms with Gasteiger partial charge in [-0.05, 0) is 59.8 Å². The molecule has 0 radical (unpaired) electrons. The first-order valence-electron chi connectivity index (χ1n) is 6.11. The van der Waals surface area contributed by atoms with Crippen LogP contribution in [0.25, 0.3) is 0 Å². The standard InChI is InChI=1S/C13H23NO3/c1-12(2,3)17-11(15)14-10(13(4,5)16)8-9-6-7-9/h9,16H,6-8H2,1-5H3. The van der Waals surface area contributed by atoms with E-state index in [-0.39, 0.29) is 0 Å². The number of carbonyl (C=O) groups is 1. The van der Waals surface area contributed by atoms with Gasteiger partial charge < -0.3 is 9.84 Å². The highest BCUT2D eigenvalue weighted by atomic mass is 16.6. The van der Waals surface area contributed by atoms with E-state index >= 15 is 0 Å². The van der Waals surface area contributed by atoms with E-state index in [2.05, 4.69) is 4.99 Å². The zero-order valence-electron chi connectivity index (χ0n) is 11.4. The van der Waals surface area contributed by atoms with Crippen LogP contribution in [-0.2, 0) is 4.74 Å². The van der Waals surface area contributed by atoms with Crippen LogP contribution in [0, 0.1) is 5.92 Å². The monoisotopic (exact) mass is 241 g/mol. The van der Waals surface area contributed by atoms with Crippen molar-refractivity contribution in [1.82, 2.24) is 0 Å². The third-order valence-corrected chi connectivity index (χ3v) is 2.50. The molecule has 1 N–H and O–H groups in total. The Hall–Kier alpha value is -0.900. The highest BCUT2D eigenvalue weighted by Crippen LogP contribution is 2.34. The highest BCUT2D eigenvalue weighted by Gasteiger charge is 2.31. The van der Waals surface area contributed by atoms with Crippen molar-refractivity contribution in [3.63, 3.8) is 0 Å². The predicted octanol–water partition coefficient (Wildman–Crippen LogP) is 2.93. The SMILES string of the molecule is CC(C)(C)OC(=O)N=C(CC1CC1)C(C)(C)O. The van der Waals surface area contributed by atoms with Crippen molar-refractivity contribution >= 4 is 11.8 Å². The average molecular weight is 241 g/mol. The molecule has 1 aliphatic rings. The number of carbonyl (C=O) groups excluding carboxylic acids is 1. The molecule has 1 fully saturated rings. The van der Waals surface area contributed by atoms with E-state index in [9.17, 15) is 9.90 Å². The third-order valence-electron chi connectivity index (χ3n) is 2.50. The van der Waals surface area contributed by atoms with Crippen LogP contribution >= 0.6 is 0 Å². The molecule has 4 heteroatoms. The van der Waals surface area contributed by atoms with E-state index in [0.717, 1.165) is 12.8 Å². The lowest BCUT2D eigenvalue weighted by Gasteiger charge is -2.22. The molecule has 0 spiro atoms. The van der Waals surface area contributed by atoms with Crippen LogP contribution in [0.3, 0.4) is 0 Å². The van der Waals surface area contributed by atoms with Crippen LogP contribution in [-0.4, -0.2) is 28.1 Å². The summed E-state index contributed by atoms with van der Waals surface area (Å²) in [4.78, 5) is 15.5. The molecule has 0 bridgehead atoms. The van der Waals surface area contributed by atoms with Gasteiger partial charge in [-0.25, -0.2) is 4.79 Å². The minimum Gasteiger partial charge on any atom is -0.442 e. The Morgan fingerprint density at radius 2 is 1.82 bits per heavy atom. The first-order chi connectivity index (χ1) is 7.58. The van der Waals surface area contributed by atoms with Gasteiger partial charge in [0.1, 0.15) is 5.60 Å². The Morgan fingerprint density at radius 1 is 1.29 bits per heavy atom. The Labute approximate surface area is 103 Å². The van der Waals surface area contributed by atoms with Crippen molar-refractivity contribution in [3.8, 4) is 0 Å². The van der Waals surface area contributed by atoms with Crippen molar-refractivity contribution in [3.05, 3.63) is 0 Å². The maximum Gasteiger partial charge on any atom is 0.434 e. The molecule has 0 saturated heterocycles. The minimum atomic E-state index is -1.06. The molecule has 0 unspecified atom stereocenters. The minimum absolute atomic E-state index is 0.522. The van der Waals surface area contributed by atoms with Crippen LogP contribution in [0.15, 0.2) is 4.99 Å². The zero-order valence-corrected chi connectivity index (χ0v) is 11.4. The van der Waals surface area contributed by atoms with Crippen LogP contribution in [0.5, 0.6) is 0 Å². The number of nitrogens with zero attached hydrogens (tertiary/aromatic N) is 1. The predicted molar refractivity (Wildman–Crippen MR) is 67.3 cm³/mol. The van der Waals surface area contributed by atoms with E-state index in [1.807, 2.05) is 0 Å². The second-order valence-electron chi connectivity index (χ2n) is 6.25. The van der Waals surface area contributed by atoms with E-state index in [1.165, 1.54) is 0 Å². The first kappa shape index (κ1) is 14.2. The summed E-state index contributed by atoms with van der Waals surface area (Å²) in [6.45, 7) is 8.69. The zero-order chi connectivity index (χ0) is 13.3. The van der Waals surface area contributed by atoms with Crippen molar-refractivity contribution in [2.75, 3.05) is 0 Å². The molecule has 4 nitrogen and oxygen atoms in total. The van der Waals surface area contributed by atoms with Gasteiger partial charge in [-0.15, -0.1) is 0 Å². The van der Waals surface area contributed by atoms with Crippen LogP contribution < -0.4 is 0 Å². The van der Waals surface area contributed by atoms with Crippen molar-refractivity contribution in [2.45, 2.75) is 65.1 Å². The summed E-state index contributed by atoms with van der Waals surface area (Å²) in [7, 11) is 0. The Balaban J connectivity index is 2.71. The summed E-state index contributed by atoms with van der Waals surface area (Å²) in [5, 5.41) is 9.96. The third kappa shape index (κ3) is 5.82. The van der Waals surface area contributed by atoms with E-state index in [1.54, 1.807) is 34.6 Å². The Kier molecular flexibility index (Phi) is 3.97. The molecule has 1 amide bonds. The normalized spacial score (nSPS) is 18.1. The van der Waals surface area contributed by atoms with Crippen LogP contribution in [0.1, 0.15) is 53.9 Å². The highest BCUT2D eigenvalue weighted by molar-refractivity contribution is 5.98. The van der Waals surface area contributed by atoms with E-state index in [4.69, 9.17) is 4.74 Å². The van der Waals surface area contributed by atoms with Gasteiger partial charge in [0.15, 0.2) is 0 Å². The fraction of sp³-hybridized carbons (Fsp3) is 0.846. The molecule has 98 valence electrons. The first-order valence-corrected chi connectivity index (χ1v) is 6.11. The average Bonchev–Trinajstić information content (AvgIpc) is 2.81. The summed E-state index contributed by atoms with van der Waals surface area (Å²) >= 11 is 0. The fourth-order valence-corrected chi connectivity index (χ4v) is 1.42. The number of ether oxygens (including phenoxy) is 1. The quantitative estimate of drug-likeness (QED) is 0.773. The number of amides is 1. The van der Waals surface area contributed by atoms with Crippen LogP contribution in [0.4, 0.5) is 4.79 Å². The molecule has 0 aromatic heterocycles. The summed E-state index contributed by atoms with van der Waals surface area (Å²) in [5.41, 5.74) is -1.08. The maximum absolute atomic E-state index is 11.6. The fourth-order valence-electron chi connectivity index (χ4n) is 1.42. The molecule has 0 aliphatic heterocycles. The summed E-state index contributed by atoms with van der Waals surface area (Å²) in [5.74, 6) is 0.572.